The Hall–Kier alpha value is -1.79. The average Bonchev–Trinajstić information content (AvgIpc) is 2.97. The summed E-state index contributed by atoms with van der Waals surface area (Å²) in [4.78, 5) is 12.7. The second kappa shape index (κ2) is 5.78. The summed E-state index contributed by atoms with van der Waals surface area (Å²) < 4.78 is 11.6. The number of hydrogen-bond donors (Lipinski definition) is 1. The van der Waals surface area contributed by atoms with Gasteiger partial charge in [0.1, 0.15) is 23.3 Å². The zero-order valence-corrected chi connectivity index (χ0v) is 14.6. The van der Waals surface area contributed by atoms with Crippen LogP contribution < -0.4 is 4.74 Å². The molecule has 0 radical (unpaired) electrons. The van der Waals surface area contributed by atoms with E-state index in [4.69, 9.17) is 9.15 Å². The second-order valence-electron chi connectivity index (χ2n) is 4.60. The van der Waals surface area contributed by atoms with Crippen LogP contribution in [-0.4, -0.2) is 18.0 Å². The van der Waals surface area contributed by atoms with E-state index in [9.17, 15) is 9.90 Å². The van der Waals surface area contributed by atoms with Crippen LogP contribution in [0.4, 0.5) is 0 Å². The van der Waals surface area contributed by atoms with Crippen molar-refractivity contribution >= 4 is 48.6 Å². The SMILES string of the molecule is COc1ccc(C(=O)c2coc3c(Br)cc(O)c(Br)c23)cc1. The highest BCUT2D eigenvalue weighted by Gasteiger charge is 2.21. The molecule has 6 heteroatoms. The number of hydrogen-bond acceptors (Lipinski definition) is 4. The molecular formula is C16H10Br2O4. The number of benzene rings is 2. The number of ketones is 1. The Morgan fingerprint density at radius 2 is 1.91 bits per heavy atom. The van der Waals surface area contributed by atoms with Crippen LogP contribution in [0.15, 0.2) is 50.0 Å². The summed E-state index contributed by atoms with van der Waals surface area (Å²) in [5.74, 6) is 0.513. The third-order valence-electron chi connectivity index (χ3n) is 3.31. The van der Waals surface area contributed by atoms with Crippen LogP contribution in [0.2, 0.25) is 0 Å². The van der Waals surface area contributed by atoms with E-state index in [0.717, 1.165) is 0 Å². The molecule has 1 N–H and O–H groups in total. The van der Waals surface area contributed by atoms with Gasteiger partial charge in [0.25, 0.3) is 0 Å². The van der Waals surface area contributed by atoms with Crippen LogP contribution in [0.25, 0.3) is 11.0 Å². The summed E-state index contributed by atoms with van der Waals surface area (Å²) >= 11 is 6.62. The quantitative estimate of drug-likeness (QED) is 0.606. The van der Waals surface area contributed by atoms with E-state index in [0.29, 0.717) is 36.8 Å². The average molecular weight is 426 g/mol. The van der Waals surface area contributed by atoms with Crippen molar-refractivity contribution in [2.45, 2.75) is 0 Å². The first-order chi connectivity index (χ1) is 10.5. The third-order valence-corrected chi connectivity index (χ3v) is 4.70. The Kier molecular flexibility index (Phi) is 3.97. The van der Waals surface area contributed by atoms with Gasteiger partial charge in [0, 0.05) is 5.56 Å². The standard InChI is InChI=1S/C16H10Br2O4/c1-21-9-4-2-8(3-5-9)15(20)10-7-22-16-11(17)6-12(19)14(18)13(10)16/h2-7,19H,1H3. The molecule has 0 aliphatic heterocycles. The van der Waals surface area contributed by atoms with Gasteiger partial charge in [-0.25, -0.2) is 0 Å². The molecule has 0 aliphatic rings. The van der Waals surface area contributed by atoms with Gasteiger partial charge in [-0.1, -0.05) is 0 Å². The number of phenolic OH excluding ortho intramolecular Hbond substituents is 1. The molecule has 1 aromatic heterocycles. The van der Waals surface area contributed by atoms with Gasteiger partial charge in [-0.15, -0.1) is 0 Å². The van der Waals surface area contributed by atoms with Crippen LogP contribution in [-0.2, 0) is 0 Å². The highest BCUT2D eigenvalue weighted by molar-refractivity contribution is 9.11. The molecule has 0 atom stereocenters. The fraction of sp³-hybridized carbons (Fsp3) is 0.0625. The summed E-state index contributed by atoms with van der Waals surface area (Å²) in [5.41, 5.74) is 1.39. The fourth-order valence-electron chi connectivity index (χ4n) is 2.19. The molecule has 0 saturated carbocycles. The van der Waals surface area contributed by atoms with Crippen molar-refractivity contribution in [3.8, 4) is 11.5 Å². The summed E-state index contributed by atoms with van der Waals surface area (Å²) in [6.45, 7) is 0. The zero-order chi connectivity index (χ0) is 15.9. The molecule has 0 spiro atoms. The minimum Gasteiger partial charge on any atom is -0.507 e. The van der Waals surface area contributed by atoms with Crippen molar-refractivity contribution < 1.29 is 19.1 Å². The van der Waals surface area contributed by atoms with Crippen LogP contribution in [0, 0.1) is 0 Å². The molecule has 0 fully saturated rings. The molecule has 0 bridgehead atoms. The van der Waals surface area contributed by atoms with Crippen molar-refractivity contribution in [3.05, 3.63) is 56.7 Å². The topological polar surface area (TPSA) is 59.7 Å². The Bertz CT molecular complexity index is 866. The van der Waals surface area contributed by atoms with Crippen LogP contribution in [0.5, 0.6) is 11.5 Å². The first-order valence-electron chi connectivity index (χ1n) is 6.30. The number of furan rings is 1. The third kappa shape index (κ3) is 2.42. The smallest absolute Gasteiger partial charge is 0.196 e. The van der Waals surface area contributed by atoms with Gasteiger partial charge in [-0.2, -0.15) is 0 Å². The molecule has 22 heavy (non-hydrogen) atoms. The number of phenols is 1. The molecule has 3 rings (SSSR count). The molecule has 0 amide bonds. The van der Waals surface area contributed by atoms with E-state index < -0.39 is 0 Å². The van der Waals surface area contributed by atoms with E-state index in [2.05, 4.69) is 31.9 Å². The molecule has 2 aromatic carbocycles. The number of ether oxygens (including phenoxy) is 1. The number of halogens is 2. The Morgan fingerprint density at radius 1 is 1.23 bits per heavy atom. The predicted octanol–water partition coefficient (Wildman–Crippen LogP) is 4.90. The summed E-state index contributed by atoms with van der Waals surface area (Å²) in [6.07, 6.45) is 1.40. The number of rotatable bonds is 3. The zero-order valence-electron chi connectivity index (χ0n) is 11.4. The lowest BCUT2D eigenvalue weighted by molar-refractivity contribution is 0.103. The fourth-order valence-corrected chi connectivity index (χ4v) is 3.21. The monoisotopic (exact) mass is 424 g/mol. The van der Waals surface area contributed by atoms with E-state index in [1.165, 1.54) is 12.3 Å². The first-order valence-corrected chi connectivity index (χ1v) is 7.88. The summed E-state index contributed by atoms with van der Waals surface area (Å²) in [5, 5.41) is 10.5. The number of aromatic hydroxyl groups is 1. The lowest BCUT2D eigenvalue weighted by Gasteiger charge is -2.04. The van der Waals surface area contributed by atoms with Crippen molar-refractivity contribution in [1.29, 1.82) is 0 Å². The number of methoxy groups -OCH3 is 1. The van der Waals surface area contributed by atoms with Gasteiger partial charge in [-0.05, 0) is 62.2 Å². The second-order valence-corrected chi connectivity index (χ2v) is 6.25. The lowest BCUT2D eigenvalue weighted by Crippen LogP contribution is -2.00. The Balaban J connectivity index is 2.15. The van der Waals surface area contributed by atoms with E-state index in [1.54, 1.807) is 31.4 Å². The normalized spacial score (nSPS) is 10.9. The van der Waals surface area contributed by atoms with Crippen LogP contribution in [0.3, 0.4) is 0 Å². The van der Waals surface area contributed by atoms with Gasteiger partial charge < -0.3 is 14.3 Å². The van der Waals surface area contributed by atoms with Crippen LogP contribution >= 0.6 is 31.9 Å². The van der Waals surface area contributed by atoms with E-state index in [1.807, 2.05) is 0 Å². The summed E-state index contributed by atoms with van der Waals surface area (Å²) in [7, 11) is 1.57. The maximum Gasteiger partial charge on any atom is 0.196 e. The Labute approximate surface area is 142 Å². The molecular weight excluding hydrogens is 416 g/mol. The summed E-state index contributed by atoms with van der Waals surface area (Å²) in [6, 6.07) is 8.32. The maximum atomic E-state index is 12.7. The van der Waals surface area contributed by atoms with Crippen molar-refractivity contribution in [2.24, 2.45) is 0 Å². The highest BCUT2D eigenvalue weighted by atomic mass is 79.9. The van der Waals surface area contributed by atoms with Gasteiger partial charge in [0.2, 0.25) is 0 Å². The predicted molar refractivity (Wildman–Crippen MR) is 89.7 cm³/mol. The molecule has 0 unspecified atom stereocenters. The molecule has 0 saturated heterocycles. The largest absolute Gasteiger partial charge is 0.507 e. The highest BCUT2D eigenvalue weighted by Crippen LogP contribution is 2.40. The molecule has 4 nitrogen and oxygen atoms in total. The van der Waals surface area contributed by atoms with Gasteiger partial charge in [0.15, 0.2) is 5.78 Å². The number of fused-ring (bicyclic) bond motifs is 1. The van der Waals surface area contributed by atoms with Crippen molar-refractivity contribution in [2.75, 3.05) is 7.11 Å². The van der Waals surface area contributed by atoms with Gasteiger partial charge in [-0.3, -0.25) is 4.79 Å². The molecule has 1 heterocycles. The van der Waals surface area contributed by atoms with Gasteiger partial charge in [0.05, 0.1) is 27.0 Å². The lowest BCUT2D eigenvalue weighted by atomic mass is 10.0. The number of carbonyl (C=O) groups excluding carboxylic acids is 1. The van der Waals surface area contributed by atoms with Crippen molar-refractivity contribution in [1.82, 2.24) is 0 Å². The minimum atomic E-state index is -0.195. The van der Waals surface area contributed by atoms with E-state index >= 15 is 0 Å². The minimum absolute atomic E-state index is 0.0320. The molecule has 0 aliphatic carbocycles. The maximum absolute atomic E-state index is 12.7. The molecule has 3 aromatic rings. The van der Waals surface area contributed by atoms with Gasteiger partial charge >= 0.3 is 0 Å². The first kappa shape index (κ1) is 15.1. The Morgan fingerprint density at radius 3 is 2.55 bits per heavy atom. The van der Waals surface area contributed by atoms with E-state index in [-0.39, 0.29) is 11.5 Å². The number of carbonyl (C=O) groups is 1. The molecule has 112 valence electrons. The van der Waals surface area contributed by atoms with Crippen molar-refractivity contribution in [3.63, 3.8) is 0 Å². The van der Waals surface area contributed by atoms with Crippen LogP contribution in [0.1, 0.15) is 15.9 Å².